The second-order valence-corrected chi connectivity index (χ2v) is 5.44. The number of ether oxygens (including phenoxy) is 1. The number of rotatable bonds is 2. The highest BCUT2D eigenvalue weighted by atomic mass is 16.5. The molecule has 0 radical (unpaired) electrons. The van der Waals surface area contributed by atoms with Gasteiger partial charge in [0.25, 0.3) is 5.91 Å². The van der Waals surface area contributed by atoms with E-state index in [0.717, 1.165) is 25.9 Å². The summed E-state index contributed by atoms with van der Waals surface area (Å²) in [5.41, 5.74) is 6.64. The predicted octanol–water partition coefficient (Wildman–Crippen LogP) is 0.900. The first kappa shape index (κ1) is 12.4. The molecule has 2 N–H and O–H groups in total. The van der Waals surface area contributed by atoms with Crippen molar-refractivity contribution in [2.75, 3.05) is 20.2 Å². The third-order valence-electron chi connectivity index (χ3n) is 4.39. The van der Waals surface area contributed by atoms with Gasteiger partial charge in [-0.3, -0.25) is 4.79 Å². The van der Waals surface area contributed by atoms with E-state index in [1.54, 1.807) is 18.3 Å². The first-order chi connectivity index (χ1) is 9.20. The Morgan fingerprint density at radius 1 is 1.47 bits per heavy atom. The maximum Gasteiger partial charge on any atom is 0.259 e. The zero-order chi connectivity index (χ0) is 13.4. The molecule has 2 aliphatic rings. The number of nitrogens with two attached hydrogens (primary N) is 1. The minimum absolute atomic E-state index is 0.00606. The number of fused-ring (bicyclic) bond motifs is 1. The van der Waals surface area contributed by atoms with Gasteiger partial charge in [0.05, 0.1) is 7.11 Å². The van der Waals surface area contributed by atoms with Gasteiger partial charge in [-0.25, -0.2) is 4.98 Å². The fraction of sp³-hybridized carbons (Fsp3) is 0.571. The standard InChI is InChI=1S/C14H19N3O2/c1-19-13-10(3-2-6-16-13)14(18)17-7-9-4-5-12(15)11(9)8-17/h2-3,6,9,11-12H,4-5,7-8,15H2,1H3/t9-,11-,12-/m0/s1. The lowest BCUT2D eigenvalue weighted by Gasteiger charge is -2.19. The van der Waals surface area contributed by atoms with Crippen LogP contribution in [0.3, 0.4) is 0 Å². The van der Waals surface area contributed by atoms with Crippen molar-refractivity contribution in [3.63, 3.8) is 0 Å². The Morgan fingerprint density at radius 2 is 2.32 bits per heavy atom. The molecule has 1 saturated heterocycles. The second kappa shape index (κ2) is 4.81. The molecule has 3 atom stereocenters. The number of carbonyl (C=O) groups excluding carboxylic acids is 1. The highest BCUT2D eigenvalue weighted by molar-refractivity contribution is 5.96. The molecule has 1 aromatic rings. The highest BCUT2D eigenvalue weighted by Gasteiger charge is 2.42. The quantitative estimate of drug-likeness (QED) is 0.859. The average Bonchev–Trinajstić information content (AvgIpc) is 3.00. The molecule has 1 amide bonds. The van der Waals surface area contributed by atoms with E-state index in [2.05, 4.69) is 4.98 Å². The van der Waals surface area contributed by atoms with Crippen LogP contribution in [0.4, 0.5) is 0 Å². The number of methoxy groups -OCH3 is 1. The summed E-state index contributed by atoms with van der Waals surface area (Å²) in [6.45, 7) is 1.58. The number of hydrogen-bond acceptors (Lipinski definition) is 4. The smallest absolute Gasteiger partial charge is 0.259 e. The normalized spacial score (nSPS) is 29.4. The molecular weight excluding hydrogens is 242 g/mol. The zero-order valence-electron chi connectivity index (χ0n) is 11.1. The van der Waals surface area contributed by atoms with Gasteiger partial charge in [0.15, 0.2) is 0 Å². The molecule has 1 aliphatic heterocycles. The fourth-order valence-corrected chi connectivity index (χ4v) is 3.36. The van der Waals surface area contributed by atoms with Gasteiger partial charge in [-0.2, -0.15) is 0 Å². The molecule has 5 heteroatoms. The third-order valence-corrected chi connectivity index (χ3v) is 4.39. The molecule has 1 aliphatic carbocycles. The van der Waals surface area contributed by atoms with Gasteiger partial charge in [-0.15, -0.1) is 0 Å². The van der Waals surface area contributed by atoms with E-state index in [1.165, 1.54) is 7.11 Å². The van der Waals surface area contributed by atoms with Gasteiger partial charge in [0, 0.05) is 25.3 Å². The molecule has 0 aromatic carbocycles. The van der Waals surface area contributed by atoms with Gasteiger partial charge in [0.1, 0.15) is 5.56 Å². The number of aromatic nitrogens is 1. The number of carbonyl (C=O) groups is 1. The van der Waals surface area contributed by atoms with Gasteiger partial charge < -0.3 is 15.4 Å². The molecule has 5 nitrogen and oxygen atoms in total. The molecule has 2 heterocycles. The number of likely N-dealkylation sites (tertiary alicyclic amines) is 1. The van der Waals surface area contributed by atoms with Gasteiger partial charge in [-0.05, 0) is 36.8 Å². The summed E-state index contributed by atoms with van der Waals surface area (Å²) in [5, 5.41) is 0. The Hall–Kier alpha value is -1.62. The summed E-state index contributed by atoms with van der Waals surface area (Å²) < 4.78 is 5.16. The Morgan fingerprint density at radius 3 is 3.05 bits per heavy atom. The lowest BCUT2D eigenvalue weighted by Crippen LogP contribution is -2.33. The van der Waals surface area contributed by atoms with Gasteiger partial charge in [-0.1, -0.05) is 0 Å². The van der Waals surface area contributed by atoms with Crippen molar-refractivity contribution >= 4 is 5.91 Å². The van der Waals surface area contributed by atoms with Crippen molar-refractivity contribution in [3.8, 4) is 5.88 Å². The van der Waals surface area contributed by atoms with E-state index in [4.69, 9.17) is 10.5 Å². The molecule has 2 fully saturated rings. The Balaban J connectivity index is 1.78. The van der Waals surface area contributed by atoms with E-state index in [-0.39, 0.29) is 11.9 Å². The van der Waals surface area contributed by atoms with E-state index in [0.29, 0.717) is 23.3 Å². The van der Waals surface area contributed by atoms with Crippen LogP contribution in [-0.4, -0.2) is 42.0 Å². The first-order valence-electron chi connectivity index (χ1n) is 6.74. The summed E-state index contributed by atoms with van der Waals surface area (Å²) in [7, 11) is 1.54. The SMILES string of the molecule is COc1ncccc1C(=O)N1C[C@@H]2CC[C@H](N)[C@H]2C1. The minimum Gasteiger partial charge on any atom is -0.480 e. The molecule has 0 bridgehead atoms. The van der Waals surface area contributed by atoms with Crippen LogP contribution in [-0.2, 0) is 0 Å². The van der Waals surface area contributed by atoms with E-state index >= 15 is 0 Å². The zero-order valence-corrected chi connectivity index (χ0v) is 11.1. The lowest BCUT2D eigenvalue weighted by molar-refractivity contribution is 0.0775. The fourth-order valence-electron chi connectivity index (χ4n) is 3.36. The minimum atomic E-state index is 0.00606. The summed E-state index contributed by atoms with van der Waals surface area (Å²) in [5.74, 6) is 1.44. The predicted molar refractivity (Wildman–Crippen MR) is 70.9 cm³/mol. The van der Waals surface area contributed by atoms with Crippen molar-refractivity contribution in [3.05, 3.63) is 23.9 Å². The summed E-state index contributed by atoms with van der Waals surface area (Å²) in [6.07, 6.45) is 3.86. The van der Waals surface area contributed by atoms with Crippen LogP contribution in [0.1, 0.15) is 23.2 Å². The molecule has 0 unspecified atom stereocenters. The number of nitrogens with zero attached hydrogens (tertiary/aromatic N) is 2. The highest BCUT2D eigenvalue weighted by Crippen LogP contribution is 2.37. The largest absolute Gasteiger partial charge is 0.480 e. The molecule has 102 valence electrons. The van der Waals surface area contributed by atoms with Gasteiger partial charge >= 0.3 is 0 Å². The van der Waals surface area contributed by atoms with Crippen molar-refractivity contribution in [2.45, 2.75) is 18.9 Å². The van der Waals surface area contributed by atoms with Crippen molar-refractivity contribution in [1.29, 1.82) is 0 Å². The number of amides is 1. The Bertz CT molecular complexity index is 491. The Kier molecular flexibility index (Phi) is 3.14. The summed E-state index contributed by atoms with van der Waals surface area (Å²) in [4.78, 5) is 18.5. The van der Waals surface area contributed by atoms with Crippen molar-refractivity contribution < 1.29 is 9.53 Å². The first-order valence-corrected chi connectivity index (χ1v) is 6.74. The topological polar surface area (TPSA) is 68.5 Å². The number of hydrogen-bond donors (Lipinski definition) is 1. The van der Waals surface area contributed by atoms with Gasteiger partial charge in [0.2, 0.25) is 5.88 Å². The van der Waals surface area contributed by atoms with Crippen molar-refractivity contribution in [1.82, 2.24) is 9.88 Å². The molecular formula is C14H19N3O2. The van der Waals surface area contributed by atoms with Crippen LogP contribution in [0.2, 0.25) is 0 Å². The number of pyridine rings is 1. The van der Waals surface area contributed by atoms with Crippen LogP contribution < -0.4 is 10.5 Å². The summed E-state index contributed by atoms with van der Waals surface area (Å²) >= 11 is 0. The molecule has 1 saturated carbocycles. The second-order valence-electron chi connectivity index (χ2n) is 5.44. The molecule has 19 heavy (non-hydrogen) atoms. The van der Waals surface area contributed by atoms with Crippen LogP contribution in [0.25, 0.3) is 0 Å². The average molecular weight is 261 g/mol. The lowest BCUT2D eigenvalue weighted by atomic mass is 9.98. The molecule has 0 spiro atoms. The Labute approximate surface area is 112 Å². The third kappa shape index (κ3) is 2.08. The monoisotopic (exact) mass is 261 g/mol. The van der Waals surface area contributed by atoms with Crippen LogP contribution in [0.15, 0.2) is 18.3 Å². The van der Waals surface area contributed by atoms with Crippen LogP contribution >= 0.6 is 0 Å². The molecule has 1 aromatic heterocycles. The van der Waals surface area contributed by atoms with Crippen LogP contribution in [0.5, 0.6) is 5.88 Å². The van der Waals surface area contributed by atoms with E-state index < -0.39 is 0 Å². The maximum atomic E-state index is 12.5. The van der Waals surface area contributed by atoms with Crippen molar-refractivity contribution in [2.24, 2.45) is 17.6 Å². The van der Waals surface area contributed by atoms with E-state index in [1.807, 2.05) is 4.90 Å². The van der Waals surface area contributed by atoms with Crippen LogP contribution in [0, 0.1) is 11.8 Å². The van der Waals surface area contributed by atoms with E-state index in [9.17, 15) is 4.79 Å². The molecule has 3 rings (SSSR count). The summed E-state index contributed by atoms with van der Waals surface area (Å²) in [6, 6.07) is 3.78. The maximum absolute atomic E-state index is 12.5.